The first-order valence-electron chi connectivity index (χ1n) is 3.27. The van der Waals surface area contributed by atoms with Crippen molar-refractivity contribution in [2.75, 3.05) is 0 Å². The molecule has 0 fully saturated rings. The molecule has 0 aromatic heterocycles. The van der Waals surface area contributed by atoms with Crippen LogP contribution in [0.3, 0.4) is 0 Å². The van der Waals surface area contributed by atoms with Crippen LogP contribution >= 0.6 is 11.6 Å². The van der Waals surface area contributed by atoms with Gasteiger partial charge < -0.3 is 10.2 Å². The van der Waals surface area contributed by atoms with Gasteiger partial charge in [-0.2, -0.15) is 0 Å². The Balaban J connectivity index is 0.00000144. The van der Waals surface area contributed by atoms with Crippen molar-refractivity contribution >= 4 is 17.6 Å². The SMILES string of the molecule is O=C(O)[C@H](O)c1ccc(Cl)cc1.[Zn]. The van der Waals surface area contributed by atoms with E-state index >= 15 is 0 Å². The van der Waals surface area contributed by atoms with E-state index in [1.807, 2.05) is 0 Å². The molecule has 2 N–H and O–H groups in total. The Hall–Kier alpha value is -0.437. The summed E-state index contributed by atoms with van der Waals surface area (Å²) in [6, 6.07) is 6.01. The average Bonchev–Trinajstić information content (AvgIpc) is 2.04. The second-order valence-electron chi connectivity index (χ2n) is 2.29. The average molecular weight is 252 g/mol. The Morgan fingerprint density at radius 1 is 1.31 bits per heavy atom. The molecule has 5 heteroatoms. The summed E-state index contributed by atoms with van der Waals surface area (Å²) >= 11 is 5.57. The van der Waals surface area contributed by atoms with E-state index in [4.69, 9.17) is 21.8 Å². The molecular weight excluding hydrogens is 245 g/mol. The van der Waals surface area contributed by atoms with Crippen molar-refractivity contribution in [3.05, 3.63) is 34.9 Å². The molecule has 0 aliphatic carbocycles. The van der Waals surface area contributed by atoms with Crippen molar-refractivity contribution < 1.29 is 34.5 Å². The zero-order valence-corrected chi connectivity index (χ0v) is 10.5. The van der Waals surface area contributed by atoms with E-state index in [0.717, 1.165) is 0 Å². The molecule has 3 nitrogen and oxygen atoms in total. The standard InChI is InChI=1S/C8H7ClO3.Zn/c9-6-3-1-5(2-4-6)7(10)8(11)12;/h1-4,7,10H,(H,11,12);/t7-;/m1./s1. The van der Waals surface area contributed by atoms with Crippen LogP contribution in [-0.2, 0) is 24.3 Å². The quantitative estimate of drug-likeness (QED) is 0.783. The minimum atomic E-state index is -1.47. The first-order chi connectivity index (χ1) is 5.61. The van der Waals surface area contributed by atoms with Crippen LogP contribution in [0.5, 0.6) is 0 Å². The van der Waals surface area contributed by atoms with Gasteiger partial charge in [-0.3, -0.25) is 0 Å². The summed E-state index contributed by atoms with van der Waals surface area (Å²) < 4.78 is 0. The van der Waals surface area contributed by atoms with Crippen LogP contribution in [-0.4, -0.2) is 16.2 Å². The molecule has 1 aromatic carbocycles. The Bertz CT molecular complexity index is 286. The maximum Gasteiger partial charge on any atom is 0.337 e. The number of carboxylic acids is 1. The van der Waals surface area contributed by atoms with Crippen LogP contribution in [0.2, 0.25) is 5.02 Å². The molecule has 0 aliphatic rings. The molecule has 66 valence electrons. The third-order valence-corrected chi connectivity index (χ3v) is 1.67. The van der Waals surface area contributed by atoms with Crippen LogP contribution in [0.4, 0.5) is 0 Å². The number of hydrogen-bond acceptors (Lipinski definition) is 2. The molecule has 0 saturated heterocycles. The van der Waals surface area contributed by atoms with Crippen molar-refractivity contribution in [1.82, 2.24) is 0 Å². The molecule has 1 rings (SSSR count). The third-order valence-electron chi connectivity index (χ3n) is 1.42. The molecule has 0 spiro atoms. The van der Waals surface area contributed by atoms with E-state index in [1.165, 1.54) is 24.3 Å². The van der Waals surface area contributed by atoms with Gasteiger partial charge in [-0.15, -0.1) is 0 Å². The Kier molecular flexibility index (Phi) is 5.15. The maximum absolute atomic E-state index is 10.3. The first kappa shape index (κ1) is 12.6. The predicted octanol–water partition coefficient (Wildman–Crippen LogP) is 1.46. The largest absolute Gasteiger partial charge is 0.479 e. The fourth-order valence-corrected chi connectivity index (χ4v) is 0.914. The third kappa shape index (κ3) is 3.43. The number of benzene rings is 1. The van der Waals surface area contributed by atoms with Gasteiger partial charge in [-0.1, -0.05) is 23.7 Å². The van der Waals surface area contributed by atoms with Gasteiger partial charge in [0.1, 0.15) is 0 Å². The smallest absolute Gasteiger partial charge is 0.337 e. The molecule has 0 saturated carbocycles. The van der Waals surface area contributed by atoms with Crippen molar-refractivity contribution in [3.8, 4) is 0 Å². The molecule has 13 heavy (non-hydrogen) atoms. The number of hydrogen-bond donors (Lipinski definition) is 2. The first-order valence-corrected chi connectivity index (χ1v) is 3.65. The number of halogens is 1. The van der Waals surface area contributed by atoms with Gasteiger partial charge in [0.05, 0.1) is 0 Å². The molecule has 0 unspecified atom stereocenters. The number of carbonyl (C=O) groups is 1. The molecule has 1 aromatic rings. The van der Waals surface area contributed by atoms with Gasteiger partial charge in [0.2, 0.25) is 0 Å². The van der Waals surface area contributed by atoms with E-state index in [2.05, 4.69) is 0 Å². The van der Waals surface area contributed by atoms with E-state index in [0.29, 0.717) is 10.6 Å². The normalized spacial score (nSPS) is 11.5. The summed E-state index contributed by atoms with van der Waals surface area (Å²) in [7, 11) is 0. The monoisotopic (exact) mass is 250 g/mol. The van der Waals surface area contributed by atoms with Crippen LogP contribution in [0.25, 0.3) is 0 Å². The number of rotatable bonds is 2. The summed E-state index contributed by atoms with van der Waals surface area (Å²) in [5, 5.41) is 18.0. The fourth-order valence-electron chi connectivity index (χ4n) is 0.788. The second-order valence-corrected chi connectivity index (χ2v) is 2.73. The van der Waals surface area contributed by atoms with E-state index in [-0.39, 0.29) is 19.5 Å². The summed E-state index contributed by atoms with van der Waals surface area (Å²) in [6.07, 6.45) is -1.47. The summed E-state index contributed by atoms with van der Waals surface area (Å²) in [6.45, 7) is 0. The Labute approximate surface area is 93.1 Å². The number of carboxylic acid groups (broad SMARTS) is 1. The van der Waals surface area contributed by atoms with Crippen molar-refractivity contribution in [2.24, 2.45) is 0 Å². The molecule has 1 atom stereocenters. The van der Waals surface area contributed by atoms with Crippen LogP contribution in [0.15, 0.2) is 24.3 Å². The predicted molar refractivity (Wildman–Crippen MR) is 44.0 cm³/mol. The Morgan fingerprint density at radius 3 is 2.15 bits per heavy atom. The topological polar surface area (TPSA) is 57.5 Å². The molecule has 0 heterocycles. The number of aliphatic carboxylic acids is 1. The summed E-state index contributed by atoms with van der Waals surface area (Å²) in [5.74, 6) is -1.27. The van der Waals surface area contributed by atoms with Gasteiger partial charge in [0.15, 0.2) is 6.10 Å². The van der Waals surface area contributed by atoms with Gasteiger partial charge >= 0.3 is 5.97 Å². The van der Waals surface area contributed by atoms with E-state index < -0.39 is 12.1 Å². The van der Waals surface area contributed by atoms with Gasteiger partial charge in [-0.05, 0) is 17.7 Å². The fraction of sp³-hybridized carbons (Fsp3) is 0.125. The van der Waals surface area contributed by atoms with Crippen LogP contribution in [0, 0.1) is 0 Å². The number of aliphatic hydroxyl groups excluding tert-OH is 1. The van der Waals surface area contributed by atoms with E-state index in [1.54, 1.807) is 0 Å². The minimum absolute atomic E-state index is 0. The van der Waals surface area contributed by atoms with Crippen molar-refractivity contribution in [1.29, 1.82) is 0 Å². The minimum Gasteiger partial charge on any atom is -0.479 e. The van der Waals surface area contributed by atoms with Gasteiger partial charge in [-0.25, -0.2) is 4.79 Å². The van der Waals surface area contributed by atoms with E-state index in [9.17, 15) is 4.79 Å². The van der Waals surface area contributed by atoms with Crippen LogP contribution in [0.1, 0.15) is 11.7 Å². The second kappa shape index (κ2) is 5.33. The summed E-state index contributed by atoms with van der Waals surface area (Å²) in [5.41, 5.74) is 0.326. The van der Waals surface area contributed by atoms with Crippen LogP contribution < -0.4 is 0 Å². The zero-order chi connectivity index (χ0) is 9.14. The van der Waals surface area contributed by atoms with Crippen molar-refractivity contribution in [2.45, 2.75) is 6.10 Å². The molecule has 0 aliphatic heterocycles. The molecule has 0 bridgehead atoms. The summed E-state index contributed by atoms with van der Waals surface area (Å²) in [4.78, 5) is 10.3. The number of aliphatic hydroxyl groups is 1. The Morgan fingerprint density at radius 2 is 1.77 bits per heavy atom. The molecular formula is C8H7ClO3Zn. The molecule has 0 radical (unpaired) electrons. The zero-order valence-electron chi connectivity index (χ0n) is 6.77. The van der Waals surface area contributed by atoms with Crippen molar-refractivity contribution in [3.63, 3.8) is 0 Å². The van der Waals surface area contributed by atoms with Gasteiger partial charge in [0, 0.05) is 24.5 Å². The molecule has 0 amide bonds. The maximum atomic E-state index is 10.3. The van der Waals surface area contributed by atoms with Gasteiger partial charge in [0.25, 0.3) is 0 Å².